The molecule has 0 N–H and O–H groups in total. The molecule has 0 aliphatic carbocycles. The first-order chi connectivity index (χ1) is 11.5. The topological polar surface area (TPSA) is 63.0 Å². The number of nitriles is 1. The monoisotopic (exact) mass is 340 g/mol. The second kappa shape index (κ2) is 8.51. The van der Waals surface area contributed by atoms with Crippen molar-refractivity contribution in [3.8, 4) is 11.8 Å². The van der Waals surface area contributed by atoms with E-state index in [0.29, 0.717) is 28.5 Å². The smallest absolute Gasteiger partial charge is 0.161 e. The number of ketones is 1. The third-order valence-electron chi connectivity index (χ3n) is 3.46. The number of hydrogen-bond acceptors (Lipinski definition) is 5. The summed E-state index contributed by atoms with van der Waals surface area (Å²) in [7, 11) is 0. The number of hydrogen-bond donors (Lipinski definition) is 0. The minimum absolute atomic E-state index is 0.0698. The molecule has 1 aromatic carbocycles. The van der Waals surface area contributed by atoms with E-state index >= 15 is 0 Å². The van der Waals surface area contributed by atoms with Crippen LogP contribution in [-0.4, -0.2) is 23.1 Å². The van der Waals surface area contributed by atoms with Gasteiger partial charge < -0.3 is 4.74 Å². The Balaban J connectivity index is 1.89. The zero-order valence-electron chi connectivity index (χ0n) is 14.1. The van der Waals surface area contributed by atoms with E-state index in [1.54, 1.807) is 13.0 Å². The van der Waals surface area contributed by atoms with Crippen LogP contribution in [0.3, 0.4) is 0 Å². The number of thioether (sulfide) groups is 1. The zero-order valence-corrected chi connectivity index (χ0v) is 14.9. The van der Waals surface area contributed by atoms with Crippen LogP contribution in [0.15, 0.2) is 35.4 Å². The van der Waals surface area contributed by atoms with Gasteiger partial charge in [0, 0.05) is 17.0 Å². The molecule has 2 aromatic rings. The van der Waals surface area contributed by atoms with Crippen molar-refractivity contribution in [2.75, 3.05) is 12.4 Å². The molecular weight excluding hydrogens is 320 g/mol. The molecular formula is C19H20N2O2S. The van der Waals surface area contributed by atoms with Crippen LogP contribution in [0, 0.1) is 25.2 Å². The Labute approximate surface area is 146 Å². The van der Waals surface area contributed by atoms with E-state index in [0.717, 1.165) is 17.9 Å². The van der Waals surface area contributed by atoms with Gasteiger partial charge in [-0.25, -0.2) is 4.98 Å². The quantitative estimate of drug-likeness (QED) is 0.426. The highest BCUT2D eigenvalue weighted by molar-refractivity contribution is 7.99. The van der Waals surface area contributed by atoms with Gasteiger partial charge in [0.25, 0.3) is 0 Å². The molecule has 2 rings (SSSR count). The van der Waals surface area contributed by atoms with Crippen LogP contribution >= 0.6 is 11.8 Å². The summed E-state index contributed by atoms with van der Waals surface area (Å²) in [6.45, 7) is 5.93. The van der Waals surface area contributed by atoms with Crippen molar-refractivity contribution in [1.29, 1.82) is 5.26 Å². The lowest BCUT2D eigenvalue weighted by atomic mass is 10.1. The number of aromatic nitrogens is 1. The van der Waals surface area contributed by atoms with Gasteiger partial charge in [0.2, 0.25) is 0 Å². The van der Waals surface area contributed by atoms with Gasteiger partial charge in [-0.15, -0.1) is 11.8 Å². The van der Waals surface area contributed by atoms with E-state index in [4.69, 9.17) is 4.74 Å². The van der Waals surface area contributed by atoms with E-state index in [2.05, 4.69) is 11.1 Å². The molecule has 4 nitrogen and oxygen atoms in total. The third-order valence-corrected chi connectivity index (χ3v) is 4.54. The van der Waals surface area contributed by atoms with Gasteiger partial charge in [-0.3, -0.25) is 4.79 Å². The summed E-state index contributed by atoms with van der Waals surface area (Å²) in [6.07, 6.45) is 0.846. The Morgan fingerprint density at radius 1 is 1.33 bits per heavy atom. The van der Waals surface area contributed by atoms with Gasteiger partial charge in [0.1, 0.15) is 16.8 Å². The van der Waals surface area contributed by atoms with E-state index < -0.39 is 0 Å². The fourth-order valence-corrected chi connectivity index (χ4v) is 3.17. The molecule has 0 saturated heterocycles. The molecule has 0 spiro atoms. The van der Waals surface area contributed by atoms with Gasteiger partial charge in [-0.1, -0.05) is 12.1 Å². The first-order valence-electron chi connectivity index (χ1n) is 7.76. The summed E-state index contributed by atoms with van der Waals surface area (Å²) in [5, 5.41) is 9.93. The Kier molecular flexibility index (Phi) is 6.39. The van der Waals surface area contributed by atoms with Crippen molar-refractivity contribution < 1.29 is 9.53 Å². The van der Waals surface area contributed by atoms with E-state index in [9.17, 15) is 10.1 Å². The van der Waals surface area contributed by atoms with Gasteiger partial charge in [0.05, 0.1) is 12.2 Å². The number of nitrogens with zero attached hydrogens (tertiary/aromatic N) is 2. The number of pyridine rings is 1. The number of carbonyl (C=O) groups excluding carboxylic acids is 1. The number of benzene rings is 1. The summed E-state index contributed by atoms with van der Waals surface area (Å²) in [4.78, 5) is 15.9. The summed E-state index contributed by atoms with van der Waals surface area (Å²) >= 11 is 1.52. The number of Topliss-reactive ketones (excluding diaryl/α,β-unsaturated/α-hetero) is 1. The number of ether oxygens (including phenoxy) is 1. The second-order valence-corrected chi connectivity index (χ2v) is 6.59. The van der Waals surface area contributed by atoms with Crippen molar-refractivity contribution in [1.82, 2.24) is 4.98 Å². The summed E-state index contributed by atoms with van der Waals surface area (Å²) < 4.78 is 5.71. The van der Waals surface area contributed by atoms with Crippen LogP contribution < -0.4 is 4.74 Å². The minimum atomic E-state index is -0.0698. The maximum absolute atomic E-state index is 11.5. The highest BCUT2D eigenvalue weighted by Crippen LogP contribution is 2.24. The van der Waals surface area contributed by atoms with Crippen LogP contribution in [0.1, 0.15) is 40.5 Å². The van der Waals surface area contributed by atoms with Crippen molar-refractivity contribution in [3.05, 3.63) is 52.7 Å². The predicted molar refractivity (Wildman–Crippen MR) is 95.7 cm³/mol. The van der Waals surface area contributed by atoms with Gasteiger partial charge >= 0.3 is 0 Å². The Morgan fingerprint density at radius 3 is 2.79 bits per heavy atom. The average molecular weight is 340 g/mol. The molecule has 24 heavy (non-hydrogen) atoms. The van der Waals surface area contributed by atoms with Gasteiger partial charge in [-0.2, -0.15) is 5.26 Å². The molecule has 1 heterocycles. The van der Waals surface area contributed by atoms with Crippen LogP contribution in [0.5, 0.6) is 5.75 Å². The van der Waals surface area contributed by atoms with Crippen molar-refractivity contribution in [2.45, 2.75) is 32.2 Å². The summed E-state index contributed by atoms with van der Waals surface area (Å²) in [6, 6.07) is 11.7. The molecule has 0 amide bonds. The molecule has 0 aliphatic heterocycles. The maximum atomic E-state index is 11.5. The standard InChI is InChI=1S/C19H20N2O2S/c1-13-6-4-7-17(10-13)23-8-5-9-24-19-16(12-20)11-18(15(3)22)14(2)21-19/h4,6-7,10-11H,5,8-9H2,1-3H3. The highest BCUT2D eigenvalue weighted by atomic mass is 32.2. The molecule has 5 heteroatoms. The first-order valence-corrected chi connectivity index (χ1v) is 8.74. The van der Waals surface area contributed by atoms with Crippen molar-refractivity contribution in [2.24, 2.45) is 0 Å². The second-order valence-electron chi connectivity index (χ2n) is 5.51. The number of carbonyl (C=O) groups is 1. The molecule has 0 saturated carbocycles. The van der Waals surface area contributed by atoms with Gasteiger partial charge in [0.15, 0.2) is 5.78 Å². The lowest BCUT2D eigenvalue weighted by molar-refractivity contribution is 0.101. The molecule has 0 bridgehead atoms. The van der Waals surface area contributed by atoms with Crippen molar-refractivity contribution in [3.63, 3.8) is 0 Å². The van der Waals surface area contributed by atoms with Crippen LogP contribution in [0.25, 0.3) is 0 Å². The fraction of sp³-hybridized carbons (Fsp3) is 0.316. The molecule has 124 valence electrons. The van der Waals surface area contributed by atoms with Crippen molar-refractivity contribution >= 4 is 17.5 Å². The Bertz CT molecular complexity index is 781. The summed E-state index contributed by atoms with van der Waals surface area (Å²) in [5.41, 5.74) is 2.81. The Morgan fingerprint density at radius 2 is 2.12 bits per heavy atom. The largest absolute Gasteiger partial charge is 0.494 e. The lowest BCUT2D eigenvalue weighted by Gasteiger charge is -2.09. The molecule has 0 atom stereocenters. The number of aryl methyl sites for hydroxylation is 2. The van der Waals surface area contributed by atoms with E-state index in [-0.39, 0.29) is 5.78 Å². The molecule has 0 aliphatic rings. The Hall–Kier alpha value is -2.32. The molecule has 0 unspecified atom stereocenters. The molecule has 0 fully saturated rings. The fourth-order valence-electron chi connectivity index (χ4n) is 2.25. The molecule has 0 radical (unpaired) electrons. The molecule has 1 aromatic heterocycles. The zero-order chi connectivity index (χ0) is 17.5. The van der Waals surface area contributed by atoms with Crippen LogP contribution in [0.4, 0.5) is 0 Å². The minimum Gasteiger partial charge on any atom is -0.494 e. The maximum Gasteiger partial charge on any atom is 0.161 e. The van der Waals surface area contributed by atoms with E-state index in [1.165, 1.54) is 24.2 Å². The number of rotatable bonds is 7. The van der Waals surface area contributed by atoms with Crippen LogP contribution in [0.2, 0.25) is 0 Å². The van der Waals surface area contributed by atoms with Crippen LogP contribution in [-0.2, 0) is 0 Å². The lowest BCUT2D eigenvalue weighted by Crippen LogP contribution is -2.03. The average Bonchev–Trinajstić information content (AvgIpc) is 2.54. The predicted octanol–water partition coefficient (Wildman–Crippen LogP) is 4.33. The summed E-state index contributed by atoms with van der Waals surface area (Å²) in [5.74, 6) is 1.60. The van der Waals surface area contributed by atoms with E-state index in [1.807, 2.05) is 31.2 Å². The van der Waals surface area contributed by atoms with Gasteiger partial charge in [-0.05, 0) is 51.0 Å². The SMILES string of the molecule is CC(=O)c1cc(C#N)c(SCCCOc2cccc(C)c2)nc1C. The highest BCUT2D eigenvalue weighted by Gasteiger charge is 2.12. The third kappa shape index (κ3) is 4.84. The first kappa shape index (κ1) is 18.0. The normalized spacial score (nSPS) is 10.2.